The van der Waals surface area contributed by atoms with Crippen molar-refractivity contribution in [3.63, 3.8) is 0 Å². The van der Waals surface area contributed by atoms with Crippen molar-refractivity contribution in [2.24, 2.45) is 0 Å². The third kappa shape index (κ3) is 5.36. The molecule has 1 saturated heterocycles. The highest BCUT2D eigenvalue weighted by molar-refractivity contribution is 7.89. The number of sulfonamides is 1. The Bertz CT molecular complexity index is 1150. The molecule has 0 radical (unpaired) electrons. The van der Waals surface area contributed by atoms with Gasteiger partial charge in [0.1, 0.15) is 11.3 Å². The molecule has 0 bridgehead atoms. The summed E-state index contributed by atoms with van der Waals surface area (Å²) in [6.07, 6.45) is 5.03. The van der Waals surface area contributed by atoms with Crippen LogP contribution in [0.1, 0.15) is 44.6 Å². The molecule has 2 amide bonds. The summed E-state index contributed by atoms with van der Waals surface area (Å²) in [5.74, 6) is -0.189. The predicted octanol–water partition coefficient (Wildman–Crippen LogP) is 2.94. The van der Waals surface area contributed by atoms with E-state index in [-0.39, 0.29) is 36.5 Å². The Morgan fingerprint density at radius 2 is 1.71 bits per heavy atom. The minimum absolute atomic E-state index is 0.0373. The number of ether oxygens (including phenoxy) is 1. The van der Waals surface area contributed by atoms with Gasteiger partial charge in [-0.3, -0.25) is 9.59 Å². The summed E-state index contributed by atoms with van der Waals surface area (Å²) in [5, 5.41) is 3.12. The zero-order chi connectivity index (χ0) is 25.1. The maximum atomic E-state index is 13.7. The van der Waals surface area contributed by atoms with E-state index in [4.69, 9.17) is 4.74 Å². The smallest absolute Gasteiger partial charge is 0.247 e. The number of amides is 2. The third-order valence-electron chi connectivity index (χ3n) is 7.00. The quantitative estimate of drug-likeness (QED) is 0.632. The summed E-state index contributed by atoms with van der Waals surface area (Å²) in [5.41, 5.74) is -0.480. The summed E-state index contributed by atoms with van der Waals surface area (Å²) in [6.45, 7) is 1.44. The predicted molar refractivity (Wildman–Crippen MR) is 132 cm³/mol. The van der Waals surface area contributed by atoms with Crippen molar-refractivity contribution in [1.82, 2.24) is 14.5 Å². The molecule has 0 spiro atoms. The molecule has 1 unspecified atom stereocenters. The fourth-order valence-corrected chi connectivity index (χ4v) is 6.35. The van der Waals surface area contributed by atoms with Crippen LogP contribution in [0.3, 0.4) is 0 Å². The minimum Gasteiger partial charge on any atom is -0.497 e. The molecule has 1 N–H and O–H groups in total. The van der Waals surface area contributed by atoms with Crippen molar-refractivity contribution >= 4 is 21.8 Å². The van der Waals surface area contributed by atoms with Crippen molar-refractivity contribution in [1.29, 1.82) is 0 Å². The summed E-state index contributed by atoms with van der Waals surface area (Å²) >= 11 is 0. The molecule has 9 heteroatoms. The Hall–Kier alpha value is -2.91. The van der Waals surface area contributed by atoms with E-state index in [9.17, 15) is 18.0 Å². The molecule has 1 atom stereocenters. The third-order valence-corrected chi connectivity index (χ3v) is 8.81. The lowest BCUT2D eigenvalue weighted by molar-refractivity contribution is -0.154. The molecule has 2 aromatic carbocycles. The molecule has 1 aliphatic carbocycles. The van der Waals surface area contributed by atoms with E-state index in [0.29, 0.717) is 5.75 Å². The van der Waals surface area contributed by atoms with Crippen LogP contribution in [-0.2, 0) is 26.2 Å². The lowest BCUT2D eigenvalue weighted by Crippen LogP contribution is -2.70. The number of benzene rings is 2. The van der Waals surface area contributed by atoms with Crippen molar-refractivity contribution in [3.05, 3.63) is 60.2 Å². The van der Waals surface area contributed by atoms with Crippen LogP contribution in [0.4, 0.5) is 0 Å². The van der Waals surface area contributed by atoms with E-state index in [1.54, 1.807) is 19.1 Å². The molecule has 35 heavy (non-hydrogen) atoms. The van der Waals surface area contributed by atoms with Crippen molar-refractivity contribution in [3.8, 4) is 5.75 Å². The molecule has 2 fully saturated rings. The first-order valence-electron chi connectivity index (χ1n) is 12.0. The van der Waals surface area contributed by atoms with Gasteiger partial charge in [0.05, 0.1) is 18.6 Å². The molecule has 1 aliphatic heterocycles. The van der Waals surface area contributed by atoms with Crippen LogP contribution in [0.2, 0.25) is 0 Å². The Labute approximate surface area is 207 Å². The second kappa shape index (κ2) is 10.4. The maximum Gasteiger partial charge on any atom is 0.247 e. The summed E-state index contributed by atoms with van der Waals surface area (Å²) in [7, 11) is -2.50. The zero-order valence-corrected chi connectivity index (χ0v) is 21.1. The van der Waals surface area contributed by atoms with Gasteiger partial charge < -0.3 is 15.0 Å². The molecule has 188 valence electrons. The van der Waals surface area contributed by atoms with Crippen LogP contribution in [0.5, 0.6) is 5.75 Å². The lowest BCUT2D eigenvalue weighted by atomic mass is 9.91. The Morgan fingerprint density at radius 3 is 2.34 bits per heavy atom. The maximum absolute atomic E-state index is 13.7. The van der Waals surface area contributed by atoms with Gasteiger partial charge in [-0.05, 0) is 49.6 Å². The molecule has 2 aliphatic rings. The van der Waals surface area contributed by atoms with Gasteiger partial charge in [0.25, 0.3) is 0 Å². The number of nitrogens with one attached hydrogen (secondary N) is 1. The second-order valence-corrected chi connectivity index (χ2v) is 11.4. The van der Waals surface area contributed by atoms with Gasteiger partial charge >= 0.3 is 0 Å². The highest BCUT2D eigenvalue weighted by atomic mass is 32.2. The largest absolute Gasteiger partial charge is 0.497 e. The van der Waals surface area contributed by atoms with Crippen LogP contribution in [0.25, 0.3) is 0 Å². The normalized spacial score (nSPS) is 22.1. The van der Waals surface area contributed by atoms with Gasteiger partial charge in [-0.1, -0.05) is 49.6 Å². The van der Waals surface area contributed by atoms with Gasteiger partial charge in [0, 0.05) is 19.1 Å². The molecule has 8 nitrogen and oxygen atoms in total. The standard InChI is InChI=1S/C26H33N3O5S/c1-26(25(31)27-21-11-7-4-8-12-21)19-28(35(32,33)23-15-13-22(34-2)14-16-23)18-24(30)29(26)17-20-9-5-3-6-10-20/h3,5-6,9-10,13-16,21H,4,7-8,11-12,17-19H2,1-2H3,(H,27,31). The average Bonchev–Trinajstić information content (AvgIpc) is 2.87. The van der Waals surface area contributed by atoms with E-state index in [1.165, 1.54) is 24.1 Å². The van der Waals surface area contributed by atoms with E-state index in [1.807, 2.05) is 30.3 Å². The molecule has 2 aromatic rings. The highest BCUT2D eigenvalue weighted by Gasteiger charge is 2.50. The first-order valence-corrected chi connectivity index (χ1v) is 13.5. The fraction of sp³-hybridized carbons (Fsp3) is 0.462. The summed E-state index contributed by atoms with van der Waals surface area (Å²) < 4.78 is 33.2. The average molecular weight is 500 g/mol. The van der Waals surface area contributed by atoms with Gasteiger partial charge in [-0.25, -0.2) is 8.42 Å². The minimum atomic E-state index is -4.00. The van der Waals surface area contributed by atoms with E-state index >= 15 is 0 Å². The van der Waals surface area contributed by atoms with Crippen LogP contribution in [0, 0.1) is 0 Å². The van der Waals surface area contributed by atoms with E-state index < -0.39 is 21.5 Å². The Morgan fingerprint density at radius 1 is 1.06 bits per heavy atom. The number of hydrogen-bond acceptors (Lipinski definition) is 5. The number of nitrogens with zero attached hydrogens (tertiary/aromatic N) is 2. The number of piperazine rings is 1. The van der Waals surface area contributed by atoms with E-state index in [2.05, 4.69) is 5.32 Å². The number of hydrogen-bond donors (Lipinski definition) is 1. The highest BCUT2D eigenvalue weighted by Crippen LogP contribution is 2.30. The SMILES string of the molecule is COc1ccc(S(=O)(=O)N2CC(=O)N(Cc3ccccc3)C(C)(C(=O)NC3CCCCC3)C2)cc1. The molecule has 1 saturated carbocycles. The van der Waals surface area contributed by atoms with E-state index in [0.717, 1.165) is 42.0 Å². The number of carbonyl (C=O) groups excluding carboxylic acids is 2. The van der Waals surface area contributed by atoms with Crippen LogP contribution in [-0.4, -0.2) is 61.2 Å². The van der Waals surface area contributed by atoms with Gasteiger partial charge in [0.15, 0.2) is 0 Å². The Balaban J connectivity index is 1.65. The topological polar surface area (TPSA) is 96.0 Å². The zero-order valence-electron chi connectivity index (χ0n) is 20.3. The van der Waals surface area contributed by atoms with Crippen LogP contribution >= 0.6 is 0 Å². The van der Waals surface area contributed by atoms with Crippen molar-refractivity contribution in [2.75, 3.05) is 20.2 Å². The molecule has 1 heterocycles. The lowest BCUT2D eigenvalue weighted by Gasteiger charge is -2.47. The fourth-order valence-electron chi connectivity index (χ4n) is 4.87. The first kappa shape index (κ1) is 25.2. The van der Waals surface area contributed by atoms with Crippen molar-refractivity contribution in [2.45, 2.75) is 62.0 Å². The molecular formula is C26H33N3O5S. The number of methoxy groups -OCH3 is 1. The number of carbonyl (C=O) groups is 2. The molecule has 4 rings (SSSR count). The molecular weight excluding hydrogens is 466 g/mol. The second-order valence-electron chi connectivity index (χ2n) is 9.50. The summed E-state index contributed by atoms with van der Waals surface area (Å²) in [4.78, 5) is 28.7. The summed E-state index contributed by atoms with van der Waals surface area (Å²) in [6, 6.07) is 15.5. The molecule has 0 aromatic heterocycles. The van der Waals surface area contributed by atoms with Crippen LogP contribution in [0.15, 0.2) is 59.5 Å². The van der Waals surface area contributed by atoms with Gasteiger partial charge in [-0.15, -0.1) is 0 Å². The first-order chi connectivity index (χ1) is 16.7. The monoisotopic (exact) mass is 499 g/mol. The van der Waals surface area contributed by atoms with Crippen molar-refractivity contribution < 1.29 is 22.7 Å². The van der Waals surface area contributed by atoms with Gasteiger partial charge in [0.2, 0.25) is 21.8 Å². The Kier molecular flexibility index (Phi) is 7.47. The number of rotatable bonds is 7. The van der Waals surface area contributed by atoms with Crippen LogP contribution < -0.4 is 10.1 Å². The van der Waals surface area contributed by atoms with Gasteiger partial charge in [-0.2, -0.15) is 4.31 Å².